The molecule has 2 amide bonds. The number of halogens is 2. The Hall–Kier alpha value is -1.82. The first-order chi connectivity index (χ1) is 8.90. The summed E-state index contributed by atoms with van der Waals surface area (Å²) in [5.74, 6) is -1.94. The summed E-state index contributed by atoms with van der Waals surface area (Å²) < 4.78 is 12.8. The molecule has 0 saturated carbocycles. The Morgan fingerprint density at radius 1 is 1.47 bits per heavy atom. The van der Waals surface area contributed by atoms with Crippen LogP contribution in [0.2, 0.25) is 5.02 Å². The summed E-state index contributed by atoms with van der Waals surface area (Å²) in [5.41, 5.74) is 0.284. The van der Waals surface area contributed by atoms with Crippen molar-refractivity contribution in [1.29, 1.82) is 0 Å². The van der Waals surface area contributed by atoms with Gasteiger partial charge < -0.3 is 15.7 Å². The summed E-state index contributed by atoms with van der Waals surface area (Å²) in [5, 5.41) is 13.7. The van der Waals surface area contributed by atoms with Crippen LogP contribution in [-0.2, 0) is 4.79 Å². The van der Waals surface area contributed by atoms with Gasteiger partial charge in [0.15, 0.2) is 0 Å². The second kappa shape index (κ2) is 6.94. The molecule has 0 saturated heterocycles. The topological polar surface area (TPSA) is 78.4 Å². The average molecular weight is 289 g/mol. The molecule has 0 aliphatic rings. The van der Waals surface area contributed by atoms with Crippen LogP contribution in [0.15, 0.2) is 18.2 Å². The SMILES string of the molecule is CC(CCNC(=O)Nc1ccc(F)cc1Cl)C(=O)O. The fraction of sp³-hybridized carbons (Fsp3) is 0.333. The predicted octanol–water partition coefficient (Wildman–Crippen LogP) is 2.71. The van der Waals surface area contributed by atoms with E-state index in [2.05, 4.69) is 10.6 Å². The number of amides is 2. The van der Waals surface area contributed by atoms with Crippen molar-refractivity contribution in [3.05, 3.63) is 29.0 Å². The number of nitrogens with one attached hydrogen (secondary N) is 2. The van der Waals surface area contributed by atoms with Crippen molar-refractivity contribution in [2.45, 2.75) is 13.3 Å². The monoisotopic (exact) mass is 288 g/mol. The van der Waals surface area contributed by atoms with Crippen molar-refractivity contribution in [2.75, 3.05) is 11.9 Å². The van der Waals surface area contributed by atoms with E-state index in [1.165, 1.54) is 12.1 Å². The Morgan fingerprint density at radius 2 is 2.16 bits per heavy atom. The van der Waals surface area contributed by atoms with Gasteiger partial charge in [0, 0.05) is 6.54 Å². The normalized spacial score (nSPS) is 11.7. The molecule has 1 aromatic carbocycles. The van der Waals surface area contributed by atoms with E-state index in [4.69, 9.17) is 16.7 Å². The molecule has 3 N–H and O–H groups in total. The third kappa shape index (κ3) is 5.13. The van der Waals surface area contributed by atoms with Gasteiger partial charge in [-0.3, -0.25) is 4.79 Å². The Bertz CT molecular complexity index is 482. The van der Waals surface area contributed by atoms with Crippen LogP contribution in [0.4, 0.5) is 14.9 Å². The van der Waals surface area contributed by atoms with Crippen LogP contribution in [0.5, 0.6) is 0 Å². The molecule has 0 radical (unpaired) electrons. The summed E-state index contributed by atoms with van der Waals surface area (Å²) in [6.07, 6.45) is 0.319. The second-order valence-corrected chi connectivity index (χ2v) is 4.44. The Labute approximate surface area is 114 Å². The molecule has 0 bridgehead atoms. The van der Waals surface area contributed by atoms with Gasteiger partial charge in [0.05, 0.1) is 16.6 Å². The highest BCUT2D eigenvalue weighted by atomic mass is 35.5. The minimum Gasteiger partial charge on any atom is -0.481 e. The largest absolute Gasteiger partial charge is 0.481 e. The van der Waals surface area contributed by atoms with E-state index in [1.54, 1.807) is 6.92 Å². The molecule has 5 nitrogen and oxygen atoms in total. The minimum absolute atomic E-state index is 0.0917. The molecule has 19 heavy (non-hydrogen) atoms. The third-order valence-corrected chi connectivity index (χ3v) is 2.78. The predicted molar refractivity (Wildman–Crippen MR) is 69.8 cm³/mol. The van der Waals surface area contributed by atoms with Crippen molar-refractivity contribution in [3.63, 3.8) is 0 Å². The number of hydrogen-bond acceptors (Lipinski definition) is 2. The number of carboxylic acids is 1. The molecule has 7 heteroatoms. The third-order valence-electron chi connectivity index (χ3n) is 2.46. The highest BCUT2D eigenvalue weighted by Gasteiger charge is 2.11. The van der Waals surface area contributed by atoms with E-state index in [0.717, 1.165) is 6.07 Å². The van der Waals surface area contributed by atoms with Crippen LogP contribution < -0.4 is 10.6 Å². The van der Waals surface area contributed by atoms with Crippen molar-refractivity contribution < 1.29 is 19.1 Å². The molecule has 0 aliphatic heterocycles. The lowest BCUT2D eigenvalue weighted by Gasteiger charge is -2.10. The van der Waals surface area contributed by atoms with Crippen molar-refractivity contribution >= 4 is 29.3 Å². The van der Waals surface area contributed by atoms with Gasteiger partial charge in [-0.15, -0.1) is 0 Å². The van der Waals surface area contributed by atoms with Gasteiger partial charge >= 0.3 is 12.0 Å². The zero-order chi connectivity index (χ0) is 14.4. The maximum Gasteiger partial charge on any atom is 0.319 e. The molecule has 1 aromatic rings. The number of urea groups is 1. The number of anilines is 1. The molecule has 0 aromatic heterocycles. The van der Waals surface area contributed by atoms with Gasteiger partial charge in [0.2, 0.25) is 0 Å². The van der Waals surface area contributed by atoms with Crippen molar-refractivity contribution in [3.8, 4) is 0 Å². The summed E-state index contributed by atoms with van der Waals surface area (Å²) in [6.45, 7) is 1.77. The highest BCUT2D eigenvalue weighted by Crippen LogP contribution is 2.22. The molecule has 1 atom stereocenters. The molecular weight excluding hydrogens is 275 g/mol. The maximum atomic E-state index is 12.8. The standard InChI is InChI=1S/C12H14ClFN2O3/c1-7(11(17)18)4-5-15-12(19)16-10-3-2-8(14)6-9(10)13/h2-3,6-7H,4-5H2,1H3,(H,17,18)(H2,15,16,19). The van der Waals surface area contributed by atoms with E-state index in [1.807, 2.05) is 0 Å². The van der Waals surface area contributed by atoms with E-state index in [9.17, 15) is 14.0 Å². The molecule has 1 unspecified atom stereocenters. The van der Waals surface area contributed by atoms with E-state index >= 15 is 0 Å². The van der Waals surface area contributed by atoms with Gasteiger partial charge in [-0.2, -0.15) is 0 Å². The van der Waals surface area contributed by atoms with Crippen LogP contribution in [0.1, 0.15) is 13.3 Å². The fourth-order valence-electron chi connectivity index (χ4n) is 1.28. The lowest BCUT2D eigenvalue weighted by atomic mass is 10.1. The van der Waals surface area contributed by atoms with Crippen LogP contribution in [0.3, 0.4) is 0 Å². The first-order valence-electron chi connectivity index (χ1n) is 5.63. The molecule has 0 fully saturated rings. The molecular formula is C12H14ClFN2O3. The molecule has 104 valence electrons. The number of carbonyl (C=O) groups excluding carboxylic acids is 1. The Morgan fingerprint density at radius 3 is 2.74 bits per heavy atom. The van der Waals surface area contributed by atoms with Gasteiger partial charge in [0.1, 0.15) is 5.82 Å². The van der Waals surface area contributed by atoms with Gasteiger partial charge in [-0.25, -0.2) is 9.18 Å². The average Bonchev–Trinajstić information content (AvgIpc) is 2.32. The number of aliphatic carboxylic acids is 1. The highest BCUT2D eigenvalue weighted by molar-refractivity contribution is 6.33. The summed E-state index contributed by atoms with van der Waals surface area (Å²) in [4.78, 5) is 22.0. The molecule has 0 aliphatic carbocycles. The van der Waals surface area contributed by atoms with E-state index < -0.39 is 23.7 Å². The zero-order valence-corrected chi connectivity index (χ0v) is 11.0. The fourth-order valence-corrected chi connectivity index (χ4v) is 1.50. The van der Waals surface area contributed by atoms with Crippen LogP contribution in [0, 0.1) is 11.7 Å². The van der Waals surface area contributed by atoms with E-state index in [0.29, 0.717) is 6.42 Å². The van der Waals surface area contributed by atoms with Crippen molar-refractivity contribution in [1.82, 2.24) is 5.32 Å². The number of benzene rings is 1. The lowest BCUT2D eigenvalue weighted by molar-refractivity contribution is -0.141. The van der Waals surface area contributed by atoms with Crippen LogP contribution in [-0.4, -0.2) is 23.7 Å². The number of rotatable bonds is 5. The van der Waals surface area contributed by atoms with Gasteiger partial charge in [-0.05, 0) is 24.6 Å². The zero-order valence-electron chi connectivity index (χ0n) is 10.2. The first-order valence-corrected chi connectivity index (χ1v) is 6.00. The van der Waals surface area contributed by atoms with Crippen molar-refractivity contribution in [2.24, 2.45) is 5.92 Å². The number of carbonyl (C=O) groups is 2. The van der Waals surface area contributed by atoms with E-state index in [-0.39, 0.29) is 17.3 Å². The number of carboxylic acid groups (broad SMARTS) is 1. The summed E-state index contributed by atoms with van der Waals surface area (Å²) >= 11 is 5.74. The van der Waals surface area contributed by atoms with Crippen LogP contribution in [0.25, 0.3) is 0 Å². The first kappa shape index (κ1) is 15.2. The smallest absolute Gasteiger partial charge is 0.319 e. The second-order valence-electron chi connectivity index (χ2n) is 4.03. The Kier molecular flexibility index (Phi) is 5.57. The summed E-state index contributed by atoms with van der Waals surface area (Å²) in [6, 6.07) is 3.08. The summed E-state index contributed by atoms with van der Waals surface area (Å²) in [7, 11) is 0. The minimum atomic E-state index is -0.913. The quantitative estimate of drug-likeness (QED) is 0.779. The van der Waals surface area contributed by atoms with Gasteiger partial charge in [0.25, 0.3) is 0 Å². The molecule has 0 heterocycles. The van der Waals surface area contributed by atoms with Gasteiger partial charge in [-0.1, -0.05) is 18.5 Å². The Balaban J connectivity index is 2.41. The number of hydrogen-bond donors (Lipinski definition) is 3. The molecule has 1 rings (SSSR count). The molecule has 0 spiro atoms. The maximum absolute atomic E-state index is 12.8. The van der Waals surface area contributed by atoms with Crippen LogP contribution >= 0.6 is 11.6 Å². The lowest BCUT2D eigenvalue weighted by Crippen LogP contribution is -2.31.